The van der Waals surface area contributed by atoms with E-state index in [1.165, 1.54) is 32.2 Å². The van der Waals surface area contributed by atoms with Gasteiger partial charge in [-0.3, -0.25) is 10.1 Å². The fourth-order valence-electron chi connectivity index (χ4n) is 2.39. The van der Waals surface area contributed by atoms with Gasteiger partial charge >= 0.3 is 12.0 Å². The molecule has 0 aromatic heterocycles. The quantitative estimate of drug-likeness (QED) is 0.351. The Bertz CT molecular complexity index is 700. The maximum atomic E-state index is 12.4. The van der Waals surface area contributed by atoms with Crippen LogP contribution >= 0.6 is 0 Å². The Morgan fingerprint density at radius 3 is 2.71 bits per heavy atom. The van der Waals surface area contributed by atoms with Crippen LogP contribution < -0.4 is 10.6 Å². The number of rotatable bonds is 6. The van der Waals surface area contributed by atoms with Crippen LogP contribution in [0.4, 0.5) is 10.5 Å². The molecule has 1 aliphatic rings. The van der Waals surface area contributed by atoms with Gasteiger partial charge in [0.2, 0.25) is 0 Å². The van der Waals surface area contributed by atoms with E-state index >= 15 is 0 Å². The molecular formula is C15H17N3O6. The van der Waals surface area contributed by atoms with Gasteiger partial charge in [0.1, 0.15) is 6.61 Å². The molecule has 1 aromatic rings. The minimum Gasteiger partial charge on any atom is -0.460 e. The van der Waals surface area contributed by atoms with E-state index in [4.69, 9.17) is 9.47 Å². The van der Waals surface area contributed by atoms with Gasteiger partial charge in [-0.25, -0.2) is 9.59 Å². The number of nitrogens with zero attached hydrogens (tertiary/aromatic N) is 1. The van der Waals surface area contributed by atoms with Crippen molar-refractivity contribution in [2.75, 3.05) is 20.3 Å². The lowest BCUT2D eigenvalue weighted by atomic mass is 9.94. The molecule has 0 fully saturated rings. The van der Waals surface area contributed by atoms with Crippen molar-refractivity contribution in [3.63, 3.8) is 0 Å². The van der Waals surface area contributed by atoms with Crippen LogP contribution in [0.3, 0.4) is 0 Å². The summed E-state index contributed by atoms with van der Waals surface area (Å²) in [6.45, 7) is 1.78. The summed E-state index contributed by atoms with van der Waals surface area (Å²) < 4.78 is 9.91. The van der Waals surface area contributed by atoms with Gasteiger partial charge in [-0.1, -0.05) is 12.1 Å². The Hall–Kier alpha value is -2.94. The second-order valence-electron chi connectivity index (χ2n) is 5.01. The molecule has 128 valence electrons. The van der Waals surface area contributed by atoms with E-state index in [1.807, 2.05) is 0 Å². The molecule has 24 heavy (non-hydrogen) atoms. The zero-order valence-electron chi connectivity index (χ0n) is 13.2. The maximum Gasteiger partial charge on any atom is 0.338 e. The number of hydrogen-bond donors (Lipinski definition) is 2. The molecule has 1 aromatic carbocycles. The summed E-state index contributed by atoms with van der Waals surface area (Å²) in [5.41, 5.74) is 0.402. The minimum absolute atomic E-state index is 0.0314. The van der Waals surface area contributed by atoms with Crippen molar-refractivity contribution in [1.82, 2.24) is 10.6 Å². The molecular weight excluding hydrogens is 318 g/mol. The number of amides is 2. The summed E-state index contributed by atoms with van der Waals surface area (Å²) in [7, 11) is 1.47. The first kappa shape index (κ1) is 17.4. The number of para-hydroxylation sites is 1. The molecule has 1 aliphatic heterocycles. The zero-order valence-corrected chi connectivity index (χ0v) is 13.2. The third kappa shape index (κ3) is 3.69. The highest BCUT2D eigenvalue weighted by Crippen LogP contribution is 2.33. The predicted molar refractivity (Wildman–Crippen MR) is 83.0 cm³/mol. The largest absolute Gasteiger partial charge is 0.460 e. The Morgan fingerprint density at radius 2 is 2.04 bits per heavy atom. The molecule has 0 radical (unpaired) electrons. The van der Waals surface area contributed by atoms with Crippen molar-refractivity contribution >= 4 is 17.7 Å². The van der Waals surface area contributed by atoms with Crippen molar-refractivity contribution in [3.05, 3.63) is 51.2 Å². The van der Waals surface area contributed by atoms with E-state index in [1.54, 1.807) is 6.07 Å². The number of nitro benzene ring substituents is 1. The van der Waals surface area contributed by atoms with Gasteiger partial charge in [0.05, 0.1) is 28.7 Å². The van der Waals surface area contributed by atoms with Crippen LogP contribution in [-0.4, -0.2) is 37.2 Å². The maximum absolute atomic E-state index is 12.4. The van der Waals surface area contributed by atoms with Crippen molar-refractivity contribution < 1.29 is 24.0 Å². The average molecular weight is 335 g/mol. The number of hydrogen-bond acceptors (Lipinski definition) is 6. The molecule has 0 aliphatic carbocycles. The lowest BCUT2D eigenvalue weighted by Gasteiger charge is -2.27. The SMILES string of the molecule is COCCOC(=O)C1=C(C)NC(=O)NC1c1ccccc1[N+](=O)[O-]. The van der Waals surface area contributed by atoms with Gasteiger partial charge in [0.25, 0.3) is 5.69 Å². The van der Waals surface area contributed by atoms with Crippen LogP contribution in [0.15, 0.2) is 35.5 Å². The number of esters is 1. The molecule has 0 bridgehead atoms. The van der Waals surface area contributed by atoms with Crippen LogP contribution in [0.2, 0.25) is 0 Å². The summed E-state index contributed by atoms with van der Waals surface area (Å²) >= 11 is 0. The van der Waals surface area contributed by atoms with Crippen molar-refractivity contribution in [1.29, 1.82) is 0 Å². The molecule has 1 unspecified atom stereocenters. The number of carbonyl (C=O) groups is 2. The van der Waals surface area contributed by atoms with Gasteiger partial charge in [0, 0.05) is 18.9 Å². The molecule has 0 saturated heterocycles. The lowest BCUT2D eigenvalue weighted by Crippen LogP contribution is -2.45. The number of methoxy groups -OCH3 is 1. The molecule has 9 nitrogen and oxygen atoms in total. The van der Waals surface area contributed by atoms with E-state index in [2.05, 4.69) is 10.6 Å². The Labute approximate surface area is 137 Å². The van der Waals surface area contributed by atoms with E-state index < -0.39 is 23.0 Å². The number of nitrogens with one attached hydrogen (secondary N) is 2. The number of urea groups is 1. The van der Waals surface area contributed by atoms with Crippen molar-refractivity contribution in [2.45, 2.75) is 13.0 Å². The first-order valence-electron chi connectivity index (χ1n) is 7.13. The molecule has 2 rings (SSSR count). The third-order valence-corrected chi connectivity index (χ3v) is 3.45. The summed E-state index contributed by atoms with van der Waals surface area (Å²) in [6, 6.07) is 4.38. The van der Waals surface area contributed by atoms with Gasteiger partial charge in [0.15, 0.2) is 0 Å². The van der Waals surface area contributed by atoms with Crippen LogP contribution in [0.1, 0.15) is 18.5 Å². The lowest BCUT2D eigenvalue weighted by molar-refractivity contribution is -0.385. The van der Waals surface area contributed by atoms with Crippen molar-refractivity contribution in [2.24, 2.45) is 0 Å². The standard InChI is InChI=1S/C15H17N3O6/c1-9-12(14(19)24-8-7-23-2)13(17-15(20)16-9)10-5-3-4-6-11(10)18(21)22/h3-6,13H,7-8H2,1-2H3,(H2,16,17,20). The Kier molecular flexibility index (Phi) is 5.48. The van der Waals surface area contributed by atoms with E-state index in [9.17, 15) is 19.7 Å². The van der Waals surface area contributed by atoms with Crippen LogP contribution in [-0.2, 0) is 14.3 Å². The smallest absolute Gasteiger partial charge is 0.338 e. The summed E-state index contributed by atoms with van der Waals surface area (Å²) in [4.78, 5) is 34.8. The van der Waals surface area contributed by atoms with E-state index in [0.29, 0.717) is 0 Å². The zero-order chi connectivity index (χ0) is 17.7. The molecule has 1 heterocycles. The number of nitro groups is 1. The molecule has 0 saturated carbocycles. The average Bonchev–Trinajstić information content (AvgIpc) is 2.54. The van der Waals surface area contributed by atoms with Crippen molar-refractivity contribution in [3.8, 4) is 0 Å². The Morgan fingerprint density at radius 1 is 1.33 bits per heavy atom. The predicted octanol–water partition coefficient (Wildman–Crippen LogP) is 1.41. The number of ether oxygens (including phenoxy) is 2. The molecule has 9 heteroatoms. The van der Waals surface area contributed by atoms with Gasteiger partial charge in [-0.05, 0) is 13.0 Å². The highest BCUT2D eigenvalue weighted by molar-refractivity contribution is 5.95. The van der Waals surface area contributed by atoms with Crippen LogP contribution in [0, 0.1) is 10.1 Å². The minimum atomic E-state index is -0.976. The fraction of sp³-hybridized carbons (Fsp3) is 0.333. The second-order valence-corrected chi connectivity index (χ2v) is 5.01. The fourth-order valence-corrected chi connectivity index (χ4v) is 2.39. The number of benzene rings is 1. The normalized spacial score (nSPS) is 17.1. The molecule has 2 N–H and O–H groups in total. The molecule has 1 atom stereocenters. The topological polar surface area (TPSA) is 120 Å². The van der Waals surface area contributed by atoms with Gasteiger partial charge in [-0.2, -0.15) is 0 Å². The summed E-state index contributed by atoms with van der Waals surface area (Å²) in [5.74, 6) is -0.680. The number of carbonyl (C=O) groups excluding carboxylic acids is 2. The molecule has 2 amide bonds. The summed E-state index contributed by atoms with van der Waals surface area (Å²) in [5, 5.41) is 16.3. The van der Waals surface area contributed by atoms with Crippen LogP contribution in [0.25, 0.3) is 0 Å². The second kappa shape index (κ2) is 7.55. The first-order chi connectivity index (χ1) is 11.5. The third-order valence-electron chi connectivity index (χ3n) is 3.45. The highest BCUT2D eigenvalue weighted by Gasteiger charge is 2.35. The Balaban J connectivity index is 2.42. The monoisotopic (exact) mass is 335 g/mol. The van der Waals surface area contributed by atoms with E-state index in [0.717, 1.165) is 0 Å². The van der Waals surface area contributed by atoms with Gasteiger partial charge < -0.3 is 20.1 Å². The highest BCUT2D eigenvalue weighted by atomic mass is 16.6. The van der Waals surface area contributed by atoms with Gasteiger partial charge in [-0.15, -0.1) is 0 Å². The molecule has 0 spiro atoms. The summed E-state index contributed by atoms with van der Waals surface area (Å²) in [6.07, 6.45) is 0. The van der Waals surface area contributed by atoms with E-state index in [-0.39, 0.29) is 35.7 Å². The first-order valence-corrected chi connectivity index (χ1v) is 7.13. The van der Waals surface area contributed by atoms with Crippen LogP contribution in [0.5, 0.6) is 0 Å². The number of allylic oxidation sites excluding steroid dienone is 1.